The molecule has 0 bridgehead atoms. The highest BCUT2D eigenvalue weighted by Gasteiger charge is 2.15. The molecule has 0 radical (unpaired) electrons. The lowest BCUT2D eigenvalue weighted by atomic mass is 10.2. The van der Waals surface area contributed by atoms with E-state index in [4.69, 9.17) is 0 Å². The lowest BCUT2D eigenvalue weighted by Crippen LogP contribution is -1.95. The van der Waals surface area contributed by atoms with Crippen LogP contribution in [0.5, 0.6) is 0 Å². The quantitative estimate of drug-likeness (QED) is 0.635. The normalized spacial score (nSPS) is 11.4. The molecule has 7 heteroatoms. The van der Waals surface area contributed by atoms with Crippen molar-refractivity contribution < 1.29 is 0 Å². The molecule has 0 fully saturated rings. The zero-order chi connectivity index (χ0) is 11.3. The van der Waals surface area contributed by atoms with E-state index >= 15 is 0 Å². The topological polar surface area (TPSA) is 60.9 Å². The number of aromatic nitrogens is 6. The molecule has 0 saturated carbocycles. The minimum atomic E-state index is 0.755. The van der Waals surface area contributed by atoms with Crippen LogP contribution in [0, 0.1) is 13.8 Å². The molecule has 82 valence electrons. The summed E-state index contributed by atoms with van der Waals surface area (Å²) < 4.78 is 3.58. The Morgan fingerprint density at radius 2 is 2.06 bits per heavy atom. The summed E-state index contributed by atoms with van der Waals surface area (Å²) in [7, 11) is 1.91. The molecule has 0 aliphatic rings. The molecule has 16 heavy (non-hydrogen) atoms. The second kappa shape index (κ2) is 3.11. The minimum Gasteiger partial charge on any atom is -0.272 e. The molecule has 0 aromatic carbocycles. The Bertz CT molecular complexity index is 661. The van der Waals surface area contributed by atoms with Gasteiger partial charge >= 0.3 is 0 Å². The number of nitrogens with zero attached hydrogens (tertiary/aromatic N) is 6. The van der Waals surface area contributed by atoms with Crippen molar-refractivity contribution >= 4 is 16.3 Å². The molecule has 3 rings (SSSR count). The maximum atomic E-state index is 4.37. The summed E-state index contributed by atoms with van der Waals surface area (Å²) in [6.45, 7) is 3.96. The third-order valence-electron chi connectivity index (χ3n) is 2.57. The molecule has 0 aliphatic carbocycles. The van der Waals surface area contributed by atoms with Crippen LogP contribution in [-0.4, -0.2) is 29.6 Å². The van der Waals surface area contributed by atoms with Gasteiger partial charge in [-0.1, -0.05) is 11.3 Å². The first-order valence-corrected chi connectivity index (χ1v) is 5.66. The van der Waals surface area contributed by atoms with Gasteiger partial charge in [0.1, 0.15) is 5.01 Å². The van der Waals surface area contributed by atoms with Gasteiger partial charge < -0.3 is 0 Å². The number of fused-ring (bicyclic) bond motifs is 1. The van der Waals surface area contributed by atoms with Gasteiger partial charge in [-0.2, -0.15) is 14.7 Å². The van der Waals surface area contributed by atoms with Gasteiger partial charge in [-0.15, -0.1) is 10.2 Å². The van der Waals surface area contributed by atoms with Gasteiger partial charge in [0.25, 0.3) is 0 Å². The number of rotatable bonds is 1. The fourth-order valence-electron chi connectivity index (χ4n) is 1.60. The van der Waals surface area contributed by atoms with Gasteiger partial charge in [-0.05, 0) is 13.8 Å². The fourth-order valence-corrected chi connectivity index (χ4v) is 2.28. The summed E-state index contributed by atoms with van der Waals surface area (Å²) >= 11 is 1.53. The molecular formula is C9H10N6S. The lowest BCUT2D eigenvalue weighted by molar-refractivity contribution is 0.740. The average Bonchev–Trinajstić information content (AvgIpc) is 2.85. The Kier molecular flexibility index (Phi) is 1.84. The van der Waals surface area contributed by atoms with Gasteiger partial charge in [0, 0.05) is 12.7 Å². The molecule has 0 N–H and O–H groups in total. The van der Waals surface area contributed by atoms with E-state index in [0.29, 0.717) is 0 Å². The molecule has 0 saturated heterocycles. The zero-order valence-electron chi connectivity index (χ0n) is 9.17. The standard InChI is InChI=1S/C9H10N6S/c1-5-7(4-10-14(5)3)8-11-12-9-15(8)13-6(2)16-9/h4H,1-3H3. The molecule has 0 spiro atoms. The second-order valence-corrected chi connectivity index (χ2v) is 4.77. The van der Waals surface area contributed by atoms with Gasteiger partial charge in [-0.25, -0.2) is 0 Å². The van der Waals surface area contributed by atoms with Gasteiger partial charge in [0.15, 0.2) is 5.82 Å². The first kappa shape index (κ1) is 9.46. The van der Waals surface area contributed by atoms with Gasteiger partial charge in [0.2, 0.25) is 4.96 Å². The molecule has 0 aliphatic heterocycles. The van der Waals surface area contributed by atoms with E-state index in [1.165, 1.54) is 11.3 Å². The van der Waals surface area contributed by atoms with Crippen LogP contribution in [0.4, 0.5) is 0 Å². The van der Waals surface area contributed by atoms with Crippen molar-refractivity contribution in [2.45, 2.75) is 13.8 Å². The van der Waals surface area contributed by atoms with Crippen LogP contribution in [-0.2, 0) is 7.05 Å². The van der Waals surface area contributed by atoms with Crippen LogP contribution in [0.1, 0.15) is 10.7 Å². The van der Waals surface area contributed by atoms with Crippen LogP contribution in [0.15, 0.2) is 6.20 Å². The molecule has 0 amide bonds. The molecular weight excluding hydrogens is 224 g/mol. The molecule has 0 atom stereocenters. The van der Waals surface area contributed by atoms with Crippen molar-refractivity contribution in [1.82, 2.24) is 29.6 Å². The van der Waals surface area contributed by atoms with Crippen LogP contribution in [0.3, 0.4) is 0 Å². The molecule has 6 nitrogen and oxygen atoms in total. The highest BCUT2D eigenvalue weighted by atomic mass is 32.1. The van der Waals surface area contributed by atoms with Crippen molar-refractivity contribution in [1.29, 1.82) is 0 Å². The molecule has 3 aromatic heterocycles. The predicted molar refractivity (Wildman–Crippen MR) is 60.3 cm³/mol. The van der Waals surface area contributed by atoms with Crippen molar-refractivity contribution in [3.8, 4) is 11.4 Å². The van der Waals surface area contributed by atoms with E-state index in [2.05, 4.69) is 20.4 Å². The monoisotopic (exact) mass is 234 g/mol. The number of hydrogen-bond donors (Lipinski definition) is 0. The summed E-state index contributed by atoms with van der Waals surface area (Å²) in [5, 5.41) is 17.8. The first-order valence-electron chi connectivity index (χ1n) is 4.84. The van der Waals surface area contributed by atoms with Crippen molar-refractivity contribution in [2.24, 2.45) is 7.05 Å². The van der Waals surface area contributed by atoms with E-state index in [1.54, 1.807) is 10.7 Å². The largest absolute Gasteiger partial charge is 0.272 e. The van der Waals surface area contributed by atoms with Crippen molar-refractivity contribution in [3.05, 3.63) is 16.9 Å². The van der Waals surface area contributed by atoms with E-state index in [9.17, 15) is 0 Å². The molecule has 3 aromatic rings. The smallest absolute Gasteiger partial charge is 0.234 e. The molecule has 3 heterocycles. The number of hydrogen-bond acceptors (Lipinski definition) is 5. The third kappa shape index (κ3) is 1.18. The average molecular weight is 234 g/mol. The van der Waals surface area contributed by atoms with Crippen molar-refractivity contribution in [2.75, 3.05) is 0 Å². The van der Waals surface area contributed by atoms with Crippen LogP contribution in [0.25, 0.3) is 16.3 Å². The van der Waals surface area contributed by atoms with E-state index in [-0.39, 0.29) is 0 Å². The lowest BCUT2D eigenvalue weighted by Gasteiger charge is -1.96. The second-order valence-electron chi connectivity index (χ2n) is 3.61. The summed E-state index contributed by atoms with van der Waals surface area (Å²) in [5.41, 5.74) is 2.03. The summed E-state index contributed by atoms with van der Waals surface area (Å²) in [5.74, 6) is 0.755. The van der Waals surface area contributed by atoms with Crippen molar-refractivity contribution in [3.63, 3.8) is 0 Å². The molecule has 0 unspecified atom stereocenters. The Hall–Kier alpha value is -1.76. The summed E-state index contributed by atoms with van der Waals surface area (Å²) in [6.07, 6.45) is 1.79. The summed E-state index contributed by atoms with van der Waals surface area (Å²) in [4.78, 5) is 0.816. The highest BCUT2D eigenvalue weighted by molar-refractivity contribution is 7.16. The maximum Gasteiger partial charge on any atom is 0.234 e. The van der Waals surface area contributed by atoms with Gasteiger partial charge in [0.05, 0.1) is 11.8 Å². The van der Waals surface area contributed by atoms with Gasteiger partial charge in [-0.3, -0.25) is 4.68 Å². The highest BCUT2D eigenvalue weighted by Crippen LogP contribution is 2.23. The Morgan fingerprint density at radius 3 is 2.75 bits per heavy atom. The summed E-state index contributed by atoms with van der Waals surface area (Å²) in [6, 6.07) is 0. The number of aryl methyl sites for hydroxylation is 2. The SMILES string of the molecule is Cc1nn2c(-c3cnn(C)c3C)nnc2s1. The van der Waals surface area contributed by atoms with E-state index < -0.39 is 0 Å². The minimum absolute atomic E-state index is 0.755. The maximum absolute atomic E-state index is 4.37. The predicted octanol–water partition coefficient (Wildman–Crippen LogP) is 1.20. The van der Waals surface area contributed by atoms with Crippen LogP contribution < -0.4 is 0 Å². The Labute approximate surface area is 95.5 Å². The van der Waals surface area contributed by atoms with Crippen LogP contribution >= 0.6 is 11.3 Å². The third-order valence-corrected chi connectivity index (χ3v) is 3.38. The van der Waals surface area contributed by atoms with Crippen LogP contribution in [0.2, 0.25) is 0 Å². The fraction of sp³-hybridized carbons (Fsp3) is 0.333. The first-order chi connectivity index (χ1) is 7.66. The Balaban J connectivity index is 2.29. The van der Waals surface area contributed by atoms with E-state index in [0.717, 1.165) is 27.1 Å². The zero-order valence-corrected chi connectivity index (χ0v) is 9.99. The van der Waals surface area contributed by atoms with E-state index in [1.807, 2.05) is 25.6 Å². The Morgan fingerprint density at radius 1 is 1.25 bits per heavy atom.